The number of nitro groups is 2. The Hall–Kier alpha value is -4.64. The molecular weight excluding hydrogens is 372 g/mol. The molecule has 138 valence electrons. The number of nitriles is 2. The Balaban J connectivity index is 0.000000500. The summed E-state index contributed by atoms with van der Waals surface area (Å²) < 4.78 is 0. The number of carbonyl (C=O) groups excluding carboxylic acids is 1. The maximum atomic E-state index is 12.4. The lowest BCUT2D eigenvalue weighted by atomic mass is 9.98. The summed E-state index contributed by atoms with van der Waals surface area (Å²) in [6.07, 6.45) is 0. The van der Waals surface area contributed by atoms with E-state index >= 15 is 0 Å². The fourth-order valence-electron chi connectivity index (χ4n) is 2.60. The number of fused-ring (bicyclic) bond motifs is 3. The molecule has 11 nitrogen and oxygen atoms in total. The highest BCUT2D eigenvalue weighted by Crippen LogP contribution is 2.42. The van der Waals surface area contributed by atoms with Crippen molar-refractivity contribution in [1.82, 2.24) is 0 Å². The molecule has 0 heterocycles. The summed E-state index contributed by atoms with van der Waals surface area (Å²) in [5, 5.41) is 46.2. The van der Waals surface area contributed by atoms with Crippen LogP contribution >= 0.6 is 0 Å². The van der Waals surface area contributed by atoms with Crippen LogP contribution in [0, 0.1) is 42.9 Å². The van der Waals surface area contributed by atoms with E-state index in [0.717, 1.165) is 24.3 Å². The van der Waals surface area contributed by atoms with Crippen LogP contribution in [0.1, 0.15) is 32.7 Å². The first-order chi connectivity index (χ1) is 13.2. The minimum atomic E-state index is -1.43. The van der Waals surface area contributed by atoms with E-state index in [1.807, 2.05) is 0 Å². The number of hydrogen-bond donors (Lipinski definition) is 1. The van der Waals surface area contributed by atoms with E-state index in [1.54, 1.807) is 12.1 Å². The Morgan fingerprint density at radius 2 is 1.54 bits per heavy atom. The predicted molar refractivity (Wildman–Crippen MR) is 91.4 cm³/mol. The molecule has 0 atom stereocenters. The van der Waals surface area contributed by atoms with Crippen LogP contribution in [0.5, 0.6) is 0 Å². The zero-order chi connectivity index (χ0) is 21.0. The van der Waals surface area contributed by atoms with Gasteiger partial charge in [-0.2, -0.15) is 10.5 Å². The van der Waals surface area contributed by atoms with E-state index in [4.69, 9.17) is 10.5 Å². The minimum Gasteiger partial charge on any atom is -0.478 e. The van der Waals surface area contributed by atoms with E-state index in [9.17, 15) is 34.9 Å². The number of aromatic carboxylic acids is 1. The summed E-state index contributed by atoms with van der Waals surface area (Å²) in [7, 11) is 0. The van der Waals surface area contributed by atoms with Crippen molar-refractivity contribution in [3.05, 3.63) is 67.3 Å². The highest BCUT2D eigenvalue weighted by atomic mass is 16.6. The van der Waals surface area contributed by atoms with Crippen molar-refractivity contribution >= 4 is 23.1 Å². The Labute approximate surface area is 156 Å². The normalized spacial score (nSPS) is 10.4. The van der Waals surface area contributed by atoms with Gasteiger partial charge in [0.15, 0.2) is 5.78 Å². The van der Waals surface area contributed by atoms with Gasteiger partial charge in [-0.05, 0) is 11.6 Å². The number of nitrogens with zero attached hydrogens (tertiary/aromatic N) is 4. The SMILES string of the molecule is N#CCC#N.O=C(O)c1cc([N+](=O)[O-])cc2c1-c1ccc([N+](=O)[O-])cc1C2=O. The molecule has 0 saturated heterocycles. The van der Waals surface area contributed by atoms with Gasteiger partial charge in [0.2, 0.25) is 0 Å². The van der Waals surface area contributed by atoms with Gasteiger partial charge in [0.1, 0.15) is 6.42 Å². The Kier molecular flexibility index (Phi) is 5.42. The number of carboxylic acid groups (broad SMARTS) is 1. The van der Waals surface area contributed by atoms with Crippen LogP contribution in [-0.2, 0) is 0 Å². The molecule has 0 spiro atoms. The smallest absolute Gasteiger partial charge is 0.336 e. The number of carbonyl (C=O) groups is 2. The van der Waals surface area contributed by atoms with Crippen LogP contribution in [0.2, 0.25) is 0 Å². The molecule has 1 N–H and O–H groups in total. The molecule has 28 heavy (non-hydrogen) atoms. The molecule has 0 radical (unpaired) electrons. The number of benzene rings is 2. The molecule has 0 unspecified atom stereocenters. The minimum absolute atomic E-state index is 0. The van der Waals surface area contributed by atoms with Crippen LogP contribution in [0.3, 0.4) is 0 Å². The van der Waals surface area contributed by atoms with Crippen molar-refractivity contribution in [3.63, 3.8) is 0 Å². The van der Waals surface area contributed by atoms with Crippen molar-refractivity contribution in [2.45, 2.75) is 6.42 Å². The van der Waals surface area contributed by atoms with Crippen LogP contribution in [0.15, 0.2) is 30.3 Å². The quantitative estimate of drug-likeness (QED) is 0.526. The van der Waals surface area contributed by atoms with Crippen molar-refractivity contribution in [3.8, 4) is 23.3 Å². The molecule has 0 fully saturated rings. The van der Waals surface area contributed by atoms with E-state index in [-0.39, 0.29) is 34.4 Å². The number of hydrogen-bond acceptors (Lipinski definition) is 8. The average Bonchev–Trinajstić information content (AvgIpc) is 2.94. The first-order valence-corrected chi connectivity index (χ1v) is 7.36. The molecule has 11 heteroatoms. The molecule has 2 aromatic rings. The number of nitro benzene ring substituents is 2. The second kappa shape index (κ2) is 7.72. The molecule has 0 aromatic heterocycles. The largest absolute Gasteiger partial charge is 0.478 e. The third kappa shape index (κ3) is 3.49. The lowest BCUT2D eigenvalue weighted by molar-refractivity contribution is -0.385. The zero-order valence-corrected chi connectivity index (χ0v) is 13.8. The standard InChI is InChI=1S/C14H6N2O7.C3H2N2/c17-13-9-3-6(15(20)21)1-2-8(9)12-10(13)4-7(16(22)23)5-11(12)14(18)19;4-2-1-3-5/h1-5H,(H,18,19);1H2. The van der Waals surface area contributed by atoms with Gasteiger partial charge >= 0.3 is 5.97 Å². The van der Waals surface area contributed by atoms with Gasteiger partial charge in [-0.3, -0.25) is 25.0 Å². The summed E-state index contributed by atoms with van der Waals surface area (Å²) in [6, 6.07) is 8.62. The van der Waals surface area contributed by atoms with E-state index in [0.29, 0.717) is 0 Å². The second-order valence-electron chi connectivity index (χ2n) is 5.29. The van der Waals surface area contributed by atoms with Gasteiger partial charge in [-0.1, -0.05) is 0 Å². The van der Waals surface area contributed by atoms with Gasteiger partial charge in [0, 0.05) is 41.0 Å². The first-order valence-electron chi connectivity index (χ1n) is 7.36. The lowest BCUT2D eigenvalue weighted by Crippen LogP contribution is -2.03. The van der Waals surface area contributed by atoms with Crippen LogP contribution in [0.25, 0.3) is 11.1 Å². The lowest BCUT2D eigenvalue weighted by Gasteiger charge is -2.05. The van der Waals surface area contributed by atoms with Crippen molar-refractivity contribution in [2.75, 3.05) is 0 Å². The van der Waals surface area contributed by atoms with Crippen molar-refractivity contribution in [1.29, 1.82) is 10.5 Å². The van der Waals surface area contributed by atoms with Crippen LogP contribution in [-0.4, -0.2) is 26.7 Å². The summed E-state index contributed by atoms with van der Waals surface area (Å²) in [6.45, 7) is 0. The van der Waals surface area contributed by atoms with E-state index in [1.165, 1.54) is 6.07 Å². The number of carboxylic acids is 1. The van der Waals surface area contributed by atoms with Gasteiger partial charge in [0.25, 0.3) is 11.4 Å². The van der Waals surface area contributed by atoms with Gasteiger partial charge in [-0.25, -0.2) is 4.79 Å². The summed E-state index contributed by atoms with van der Waals surface area (Å²) in [4.78, 5) is 44.0. The molecule has 0 amide bonds. The van der Waals surface area contributed by atoms with Crippen LogP contribution in [0.4, 0.5) is 11.4 Å². The van der Waals surface area contributed by atoms with Gasteiger partial charge in [-0.15, -0.1) is 0 Å². The molecule has 2 aromatic carbocycles. The fourth-order valence-corrected chi connectivity index (χ4v) is 2.60. The molecule has 0 saturated carbocycles. The Morgan fingerprint density at radius 3 is 2.00 bits per heavy atom. The third-order valence-electron chi connectivity index (χ3n) is 3.70. The number of non-ortho nitro benzene ring substituents is 2. The molecule has 3 rings (SSSR count). The Bertz CT molecular complexity index is 1110. The Morgan fingerprint density at radius 1 is 0.964 bits per heavy atom. The van der Waals surface area contributed by atoms with E-state index < -0.39 is 32.9 Å². The maximum absolute atomic E-state index is 12.4. The van der Waals surface area contributed by atoms with Crippen LogP contribution < -0.4 is 0 Å². The molecule has 0 bridgehead atoms. The summed E-state index contributed by atoms with van der Waals surface area (Å²) in [5.41, 5.74) is -1.19. The number of rotatable bonds is 3. The fraction of sp³-hybridized carbons (Fsp3) is 0.0588. The first kappa shape index (κ1) is 19.7. The third-order valence-corrected chi connectivity index (χ3v) is 3.70. The highest BCUT2D eigenvalue weighted by Gasteiger charge is 2.34. The van der Waals surface area contributed by atoms with Crippen molar-refractivity contribution in [2.24, 2.45) is 0 Å². The number of ketones is 1. The van der Waals surface area contributed by atoms with Gasteiger partial charge < -0.3 is 5.11 Å². The second-order valence-corrected chi connectivity index (χ2v) is 5.29. The summed E-state index contributed by atoms with van der Waals surface area (Å²) in [5.74, 6) is -2.10. The molecular formula is C17H8N4O7. The highest BCUT2D eigenvalue weighted by molar-refractivity contribution is 6.24. The monoisotopic (exact) mass is 380 g/mol. The zero-order valence-electron chi connectivity index (χ0n) is 13.8. The average molecular weight is 380 g/mol. The summed E-state index contributed by atoms with van der Waals surface area (Å²) >= 11 is 0. The molecule has 1 aliphatic rings. The molecule has 1 aliphatic carbocycles. The van der Waals surface area contributed by atoms with E-state index in [2.05, 4.69) is 0 Å². The predicted octanol–water partition coefficient (Wildman–Crippen LogP) is 2.84. The van der Waals surface area contributed by atoms with Gasteiger partial charge in [0.05, 0.1) is 27.5 Å². The topological polar surface area (TPSA) is 188 Å². The van der Waals surface area contributed by atoms with Crippen molar-refractivity contribution < 1.29 is 24.5 Å². The maximum Gasteiger partial charge on any atom is 0.336 e. The molecule has 0 aliphatic heterocycles.